The summed E-state index contributed by atoms with van der Waals surface area (Å²) in [5.74, 6) is -0.501. The third kappa shape index (κ3) is 8.78. The first-order valence-electron chi connectivity index (χ1n) is 10.9. The normalized spacial score (nSPS) is 11.2. The summed E-state index contributed by atoms with van der Waals surface area (Å²) in [6.45, 7) is 1.25. The molecule has 3 aromatic carbocycles. The van der Waals surface area contributed by atoms with Crippen molar-refractivity contribution in [3.63, 3.8) is 0 Å². The molecule has 0 heterocycles. The van der Waals surface area contributed by atoms with Crippen LogP contribution >= 0.6 is 23.2 Å². The van der Waals surface area contributed by atoms with Gasteiger partial charge < -0.3 is 10.1 Å². The molecule has 0 aliphatic rings. The molecule has 0 aromatic heterocycles. The molecule has 2 amide bonds. The number of hydrogen-bond acceptors (Lipinski definition) is 6. The highest BCUT2D eigenvalue weighted by Gasteiger charge is 2.23. The van der Waals surface area contributed by atoms with Crippen LogP contribution in [0.3, 0.4) is 0 Å². The zero-order valence-electron chi connectivity index (χ0n) is 19.9. The largest absolute Gasteiger partial charge is 0.484 e. The summed E-state index contributed by atoms with van der Waals surface area (Å²) in [6, 6.07) is 18.4. The minimum Gasteiger partial charge on any atom is -0.484 e. The molecule has 0 aliphatic carbocycles. The third-order valence-corrected chi connectivity index (χ3v) is 6.53. The highest BCUT2D eigenvalue weighted by molar-refractivity contribution is 7.92. The number of amides is 2. The van der Waals surface area contributed by atoms with Crippen molar-refractivity contribution in [2.24, 2.45) is 5.10 Å². The van der Waals surface area contributed by atoms with Crippen LogP contribution < -0.4 is 19.8 Å². The minimum absolute atomic E-state index is 0.0823. The summed E-state index contributed by atoms with van der Waals surface area (Å²) in [5, 5.41) is 7.00. The van der Waals surface area contributed by atoms with Gasteiger partial charge in [0.25, 0.3) is 11.8 Å². The van der Waals surface area contributed by atoms with Crippen LogP contribution in [0.2, 0.25) is 10.0 Å². The van der Waals surface area contributed by atoms with Crippen LogP contribution in [-0.4, -0.2) is 45.9 Å². The molecule has 0 saturated carbocycles. The molecule has 37 heavy (non-hydrogen) atoms. The van der Waals surface area contributed by atoms with Gasteiger partial charge in [0.15, 0.2) is 6.61 Å². The molecule has 0 radical (unpaired) electrons. The van der Waals surface area contributed by atoms with Crippen molar-refractivity contribution in [2.45, 2.75) is 6.92 Å². The Bertz CT molecular complexity index is 1400. The smallest absolute Gasteiger partial charge is 0.262 e. The topological polar surface area (TPSA) is 117 Å². The fourth-order valence-electron chi connectivity index (χ4n) is 3.04. The first kappa shape index (κ1) is 28.0. The van der Waals surface area contributed by atoms with Crippen LogP contribution in [0.1, 0.15) is 11.1 Å². The fraction of sp³-hybridized carbons (Fsp3) is 0.160. The van der Waals surface area contributed by atoms with Gasteiger partial charge in [-0.15, -0.1) is 0 Å². The summed E-state index contributed by atoms with van der Waals surface area (Å²) in [7, 11) is -3.83. The van der Waals surface area contributed by atoms with E-state index in [4.69, 9.17) is 27.9 Å². The quantitative estimate of drug-likeness (QED) is 0.283. The van der Waals surface area contributed by atoms with E-state index in [0.29, 0.717) is 17.0 Å². The van der Waals surface area contributed by atoms with E-state index >= 15 is 0 Å². The zero-order chi connectivity index (χ0) is 27.0. The van der Waals surface area contributed by atoms with Crippen molar-refractivity contribution in [1.29, 1.82) is 0 Å². The van der Waals surface area contributed by atoms with Crippen LogP contribution in [0.4, 0.5) is 11.4 Å². The molecule has 3 rings (SSSR count). The van der Waals surface area contributed by atoms with Gasteiger partial charge in [0.05, 0.1) is 23.2 Å². The Hall–Kier alpha value is -3.60. The number of benzene rings is 3. The molecule has 0 unspecified atom stereocenters. The molecule has 0 fully saturated rings. The Kier molecular flexibility index (Phi) is 9.51. The lowest BCUT2D eigenvalue weighted by Crippen LogP contribution is -2.39. The molecule has 194 valence electrons. The van der Waals surface area contributed by atoms with E-state index in [1.54, 1.807) is 24.3 Å². The van der Waals surface area contributed by atoms with E-state index in [9.17, 15) is 18.0 Å². The van der Waals surface area contributed by atoms with Gasteiger partial charge in [-0.3, -0.25) is 13.9 Å². The second-order valence-corrected chi connectivity index (χ2v) is 10.7. The van der Waals surface area contributed by atoms with Crippen LogP contribution in [0.25, 0.3) is 0 Å². The Labute approximate surface area is 225 Å². The van der Waals surface area contributed by atoms with E-state index in [1.165, 1.54) is 24.4 Å². The molecular weight excluding hydrogens is 539 g/mol. The molecule has 0 atom stereocenters. The number of halogens is 2. The number of carbonyl (C=O) groups excluding carboxylic acids is 2. The van der Waals surface area contributed by atoms with E-state index in [-0.39, 0.29) is 28.2 Å². The maximum absolute atomic E-state index is 12.3. The van der Waals surface area contributed by atoms with Gasteiger partial charge in [0, 0.05) is 10.7 Å². The van der Waals surface area contributed by atoms with Gasteiger partial charge in [0.1, 0.15) is 12.3 Å². The van der Waals surface area contributed by atoms with Gasteiger partial charge in [-0.1, -0.05) is 40.9 Å². The number of carbonyl (C=O) groups is 2. The Morgan fingerprint density at radius 3 is 2.32 bits per heavy atom. The molecular formula is C25H24Cl2N4O5S. The van der Waals surface area contributed by atoms with E-state index < -0.39 is 22.5 Å². The van der Waals surface area contributed by atoms with Crippen molar-refractivity contribution >= 4 is 62.6 Å². The Morgan fingerprint density at radius 1 is 1.00 bits per heavy atom. The Morgan fingerprint density at radius 2 is 1.68 bits per heavy atom. The van der Waals surface area contributed by atoms with Gasteiger partial charge in [0.2, 0.25) is 10.0 Å². The number of nitrogens with zero attached hydrogens (tertiary/aromatic N) is 2. The Balaban J connectivity index is 1.51. The summed E-state index contributed by atoms with van der Waals surface area (Å²) in [6.07, 6.45) is 2.33. The first-order valence-corrected chi connectivity index (χ1v) is 13.5. The highest BCUT2D eigenvalue weighted by atomic mass is 35.5. The summed E-state index contributed by atoms with van der Waals surface area (Å²) < 4.78 is 30.8. The monoisotopic (exact) mass is 562 g/mol. The average molecular weight is 563 g/mol. The van der Waals surface area contributed by atoms with E-state index in [0.717, 1.165) is 16.1 Å². The number of hydrazone groups is 1. The SMILES string of the molecule is Cc1ccc(NC(=O)COc2ccc(/C=N\NC(=O)CN(c3cc(Cl)ccc3Cl)S(C)(=O)=O)cc2)cc1. The summed E-state index contributed by atoms with van der Waals surface area (Å²) in [4.78, 5) is 24.4. The van der Waals surface area contributed by atoms with Crippen molar-refractivity contribution in [3.8, 4) is 5.75 Å². The number of aryl methyl sites for hydroxylation is 1. The first-order chi connectivity index (χ1) is 17.5. The van der Waals surface area contributed by atoms with Crippen LogP contribution in [-0.2, 0) is 19.6 Å². The van der Waals surface area contributed by atoms with Crippen molar-refractivity contribution in [2.75, 3.05) is 29.0 Å². The highest BCUT2D eigenvalue weighted by Crippen LogP contribution is 2.30. The predicted octanol–water partition coefficient (Wildman–Crippen LogP) is 4.24. The zero-order valence-corrected chi connectivity index (χ0v) is 22.3. The number of anilines is 2. The number of rotatable bonds is 10. The lowest BCUT2D eigenvalue weighted by Gasteiger charge is -2.22. The van der Waals surface area contributed by atoms with Crippen molar-refractivity contribution in [3.05, 3.63) is 87.9 Å². The standard InChI is InChI=1S/C25H24Cl2N4O5S/c1-17-3-8-20(9-4-17)29-25(33)16-36-21-10-5-18(6-11-21)14-28-30-24(32)15-31(37(2,34)35)23-13-19(26)7-12-22(23)27/h3-14H,15-16H2,1-2H3,(H,29,33)(H,30,32)/b28-14-. The van der Waals surface area contributed by atoms with Gasteiger partial charge in [-0.05, 0) is 67.1 Å². The van der Waals surface area contributed by atoms with Crippen molar-refractivity contribution < 1.29 is 22.7 Å². The number of sulfonamides is 1. The lowest BCUT2D eigenvalue weighted by atomic mass is 10.2. The second-order valence-electron chi connectivity index (χ2n) is 7.93. The maximum Gasteiger partial charge on any atom is 0.262 e. The predicted molar refractivity (Wildman–Crippen MR) is 146 cm³/mol. The van der Waals surface area contributed by atoms with Crippen LogP contribution in [0.15, 0.2) is 71.8 Å². The summed E-state index contributed by atoms with van der Waals surface area (Å²) >= 11 is 12.1. The molecule has 0 saturated heterocycles. The van der Waals surface area contributed by atoms with E-state index in [2.05, 4.69) is 15.8 Å². The number of nitrogens with one attached hydrogen (secondary N) is 2. The van der Waals surface area contributed by atoms with Gasteiger partial charge in [-0.25, -0.2) is 13.8 Å². The van der Waals surface area contributed by atoms with Crippen LogP contribution in [0, 0.1) is 6.92 Å². The molecule has 0 spiro atoms. The molecule has 0 aliphatic heterocycles. The van der Waals surface area contributed by atoms with Crippen molar-refractivity contribution in [1.82, 2.24) is 5.43 Å². The number of hydrogen-bond donors (Lipinski definition) is 2. The average Bonchev–Trinajstić information content (AvgIpc) is 2.84. The second kappa shape index (κ2) is 12.6. The maximum atomic E-state index is 12.3. The van der Waals surface area contributed by atoms with Gasteiger partial charge >= 0.3 is 0 Å². The number of ether oxygens (including phenoxy) is 1. The fourth-order valence-corrected chi connectivity index (χ4v) is 4.33. The minimum atomic E-state index is -3.83. The van der Waals surface area contributed by atoms with Gasteiger partial charge in [-0.2, -0.15) is 5.10 Å². The molecule has 9 nitrogen and oxygen atoms in total. The molecule has 3 aromatic rings. The third-order valence-electron chi connectivity index (χ3n) is 4.85. The molecule has 0 bridgehead atoms. The molecule has 12 heteroatoms. The van der Waals surface area contributed by atoms with E-state index in [1.807, 2.05) is 31.2 Å². The molecule has 2 N–H and O–H groups in total. The summed E-state index contributed by atoms with van der Waals surface area (Å²) in [5.41, 5.74) is 4.78. The van der Waals surface area contributed by atoms with Crippen LogP contribution in [0.5, 0.6) is 5.75 Å². The lowest BCUT2D eigenvalue weighted by molar-refractivity contribution is -0.119.